The smallest absolute Gasteiger partial charge is 0.333 e. The highest BCUT2D eigenvalue weighted by Gasteiger charge is 2.04. The Morgan fingerprint density at radius 1 is 0.667 bits per heavy atom. The molecule has 0 aromatic carbocycles. The quantitative estimate of drug-likeness (QED) is 0.148. The van der Waals surface area contributed by atoms with Gasteiger partial charge in [0.2, 0.25) is 0 Å². The molecule has 2 nitrogen and oxygen atoms in total. The Balaban J connectivity index is 3.10. The number of esters is 1. The highest BCUT2D eigenvalue weighted by Crippen LogP contribution is 2.13. The molecular weight excluding hydrogens is 296 g/mol. The Bertz CT molecular complexity index is 296. The molecule has 0 heterocycles. The third-order valence-corrected chi connectivity index (χ3v) is 4.70. The van der Waals surface area contributed by atoms with Crippen molar-refractivity contribution in [2.75, 3.05) is 6.61 Å². The number of ether oxygens (including phenoxy) is 1. The van der Waals surface area contributed by atoms with Gasteiger partial charge in [-0.15, -0.1) is 0 Å². The second-order valence-corrected chi connectivity index (χ2v) is 7.04. The topological polar surface area (TPSA) is 26.3 Å². The van der Waals surface area contributed by atoms with E-state index in [1.54, 1.807) is 0 Å². The second kappa shape index (κ2) is 18.5. The Hall–Kier alpha value is -0.790. The summed E-state index contributed by atoms with van der Waals surface area (Å²) in [6.07, 6.45) is 21.0. The maximum atomic E-state index is 11.4. The molecule has 0 aromatic heterocycles. The largest absolute Gasteiger partial charge is 0.462 e. The minimum absolute atomic E-state index is 0.220. The van der Waals surface area contributed by atoms with Crippen molar-refractivity contribution in [3.63, 3.8) is 0 Å². The van der Waals surface area contributed by atoms with Gasteiger partial charge in [0.15, 0.2) is 0 Å². The predicted octanol–water partition coefficient (Wildman–Crippen LogP) is 7.37. The molecule has 0 unspecified atom stereocenters. The van der Waals surface area contributed by atoms with Crippen molar-refractivity contribution in [2.45, 2.75) is 117 Å². The van der Waals surface area contributed by atoms with E-state index in [1.807, 2.05) is 6.92 Å². The summed E-state index contributed by atoms with van der Waals surface area (Å²) in [7, 11) is 0. The number of unbranched alkanes of at least 4 members (excludes halogenated alkanes) is 14. The summed E-state index contributed by atoms with van der Waals surface area (Å²) < 4.78 is 5.17. The normalized spacial score (nSPS) is 10.8. The number of carbonyl (C=O) groups excluding carboxylic acids is 1. The average Bonchev–Trinajstić information content (AvgIpc) is 2.60. The van der Waals surface area contributed by atoms with E-state index in [1.165, 1.54) is 89.9 Å². The van der Waals surface area contributed by atoms with Crippen LogP contribution in [0.3, 0.4) is 0 Å². The van der Waals surface area contributed by atoms with Crippen LogP contribution < -0.4 is 0 Å². The van der Waals surface area contributed by atoms with E-state index in [0.29, 0.717) is 18.6 Å². The summed E-state index contributed by atoms with van der Waals surface area (Å²) in [5.74, 6) is -0.220. The standard InChI is InChI=1S/C22H42O2/c1-4-6-7-8-9-10-11-12-13-14-15-16-17-18-19-20-24-22(23)21(3)5-2/h3-20H2,1-2H3. The number of rotatable bonds is 18. The lowest BCUT2D eigenvalue weighted by atomic mass is 10.0. The molecular formula is C22H42O2. The summed E-state index contributed by atoms with van der Waals surface area (Å²) >= 11 is 0. The van der Waals surface area contributed by atoms with Crippen molar-refractivity contribution in [2.24, 2.45) is 0 Å². The fourth-order valence-electron chi connectivity index (χ4n) is 2.88. The molecule has 0 aliphatic heterocycles. The highest BCUT2D eigenvalue weighted by molar-refractivity contribution is 5.87. The molecule has 0 saturated carbocycles. The molecule has 0 aromatic rings. The first-order chi connectivity index (χ1) is 11.7. The third-order valence-electron chi connectivity index (χ3n) is 4.70. The van der Waals surface area contributed by atoms with Crippen molar-refractivity contribution >= 4 is 5.97 Å². The van der Waals surface area contributed by atoms with Crippen LogP contribution in [0.5, 0.6) is 0 Å². The van der Waals surface area contributed by atoms with Crippen LogP contribution >= 0.6 is 0 Å². The molecule has 0 fully saturated rings. The zero-order valence-electron chi connectivity index (χ0n) is 16.5. The fourth-order valence-corrected chi connectivity index (χ4v) is 2.88. The minimum atomic E-state index is -0.220. The first kappa shape index (κ1) is 23.2. The van der Waals surface area contributed by atoms with E-state index >= 15 is 0 Å². The van der Waals surface area contributed by atoms with Crippen LogP contribution in [0.4, 0.5) is 0 Å². The van der Waals surface area contributed by atoms with Gasteiger partial charge >= 0.3 is 5.97 Å². The molecule has 0 bridgehead atoms. The Morgan fingerprint density at radius 2 is 1.04 bits per heavy atom. The van der Waals surface area contributed by atoms with Crippen molar-refractivity contribution in [1.82, 2.24) is 0 Å². The summed E-state index contributed by atoms with van der Waals surface area (Å²) in [6, 6.07) is 0. The lowest BCUT2D eigenvalue weighted by Crippen LogP contribution is -2.07. The maximum Gasteiger partial charge on any atom is 0.333 e. The Labute approximate surface area is 151 Å². The van der Waals surface area contributed by atoms with Gasteiger partial charge in [-0.1, -0.05) is 110 Å². The molecule has 0 radical (unpaired) electrons. The van der Waals surface area contributed by atoms with Crippen LogP contribution in [0.25, 0.3) is 0 Å². The Kier molecular flexibility index (Phi) is 17.9. The van der Waals surface area contributed by atoms with Crippen LogP contribution in [-0.2, 0) is 9.53 Å². The van der Waals surface area contributed by atoms with Crippen LogP contribution in [0, 0.1) is 0 Å². The zero-order chi connectivity index (χ0) is 17.9. The summed E-state index contributed by atoms with van der Waals surface area (Å²) in [6.45, 7) is 8.45. The van der Waals surface area contributed by atoms with Gasteiger partial charge in [-0.05, 0) is 12.8 Å². The van der Waals surface area contributed by atoms with E-state index in [4.69, 9.17) is 4.74 Å². The first-order valence-corrected chi connectivity index (χ1v) is 10.6. The molecule has 0 aliphatic carbocycles. The molecule has 142 valence electrons. The lowest BCUT2D eigenvalue weighted by molar-refractivity contribution is -0.139. The maximum absolute atomic E-state index is 11.4. The van der Waals surface area contributed by atoms with Gasteiger partial charge in [-0.25, -0.2) is 4.79 Å². The first-order valence-electron chi connectivity index (χ1n) is 10.6. The van der Waals surface area contributed by atoms with E-state index < -0.39 is 0 Å². The van der Waals surface area contributed by atoms with Crippen molar-refractivity contribution in [1.29, 1.82) is 0 Å². The molecule has 0 aliphatic rings. The van der Waals surface area contributed by atoms with Gasteiger partial charge in [0.25, 0.3) is 0 Å². The van der Waals surface area contributed by atoms with E-state index in [0.717, 1.165) is 6.42 Å². The van der Waals surface area contributed by atoms with Crippen molar-refractivity contribution in [3.8, 4) is 0 Å². The van der Waals surface area contributed by atoms with Crippen LogP contribution in [0.15, 0.2) is 12.2 Å². The van der Waals surface area contributed by atoms with Gasteiger partial charge in [-0.3, -0.25) is 0 Å². The van der Waals surface area contributed by atoms with Gasteiger partial charge in [0, 0.05) is 5.57 Å². The molecule has 0 rings (SSSR count). The molecule has 0 saturated heterocycles. The van der Waals surface area contributed by atoms with Crippen LogP contribution in [0.2, 0.25) is 0 Å². The van der Waals surface area contributed by atoms with Gasteiger partial charge in [0.1, 0.15) is 0 Å². The van der Waals surface area contributed by atoms with Gasteiger partial charge < -0.3 is 4.74 Å². The van der Waals surface area contributed by atoms with Gasteiger partial charge in [0.05, 0.1) is 6.61 Å². The molecule has 0 amide bonds. The fraction of sp³-hybridized carbons (Fsp3) is 0.864. The molecule has 2 heteroatoms. The second-order valence-electron chi connectivity index (χ2n) is 7.04. The Morgan fingerprint density at radius 3 is 1.42 bits per heavy atom. The van der Waals surface area contributed by atoms with Crippen molar-refractivity contribution < 1.29 is 9.53 Å². The van der Waals surface area contributed by atoms with Crippen molar-refractivity contribution in [3.05, 3.63) is 12.2 Å². The molecule has 0 atom stereocenters. The molecule has 24 heavy (non-hydrogen) atoms. The van der Waals surface area contributed by atoms with E-state index in [9.17, 15) is 4.79 Å². The van der Waals surface area contributed by atoms with E-state index in [2.05, 4.69) is 13.5 Å². The average molecular weight is 339 g/mol. The third kappa shape index (κ3) is 16.1. The zero-order valence-corrected chi connectivity index (χ0v) is 16.5. The summed E-state index contributed by atoms with van der Waals surface area (Å²) in [5, 5.41) is 0. The predicted molar refractivity (Wildman–Crippen MR) is 105 cm³/mol. The van der Waals surface area contributed by atoms with Crippen LogP contribution in [0.1, 0.15) is 117 Å². The van der Waals surface area contributed by atoms with Crippen LogP contribution in [-0.4, -0.2) is 12.6 Å². The highest BCUT2D eigenvalue weighted by atomic mass is 16.5. The monoisotopic (exact) mass is 338 g/mol. The molecule has 0 spiro atoms. The number of hydrogen-bond donors (Lipinski definition) is 0. The van der Waals surface area contributed by atoms with E-state index in [-0.39, 0.29) is 5.97 Å². The van der Waals surface area contributed by atoms with Gasteiger partial charge in [-0.2, -0.15) is 0 Å². The number of hydrogen-bond acceptors (Lipinski definition) is 2. The minimum Gasteiger partial charge on any atom is -0.462 e. The molecule has 0 N–H and O–H groups in total. The number of carbonyl (C=O) groups is 1. The summed E-state index contributed by atoms with van der Waals surface area (Å²) in [5.41, 5.74) is 0.580. The lowest BCUT2D eigenvalue weighted by Gasteiger charge is -2.05. The summed E-state index contributed by atoms with van der Waals surface area (Å²) in [4.78, 5) is 11.4. The SMILES string of the molecule is C=C(CC)C(=O)OCCCCCCCCCCCCCCCCC.